The van der Waals surface area contributed by atoms with Crippen LogP contribution in [0.5, 0.6) is 11.5 Å². The normalized spacial score (nSPS) is 18.5. The highest BCUT2D eigenvalue weighted by Crippen LogP contribution is 2.43. The molecule has 0 bridgehead atoms. The maximum Gasteiger partial charge on any atom is 0.185 e. The van der Waals surface area contributed by atoms with Crippen LogP contribution in [0.2, 0.25) is 0 Å². The number of hydrogen-bond acceptors (Lipinski definition) is 9. The van der Waals surface area contributed by atoms with E-state index in [0.717, 1.165) is 28.2 Å². The minimum Gasteiger partial charge on any atom is -0.497 e. The Balaban J connectivity index is 1.33. The Labute approximate surface area is 261 Å². The average molecular weight is 609 g/mol. The lowest BCUT2D eigenvalue weighted by molar-refractivity contribution is -0.0831. The number of aromatic amines is 1. The number of aromatic nitrogens is 4. The van der Waals surface area contributed by atoms with Crippen molar-refractivity contribution in [3.8, 4) is 11.5 Å². The van der Waals surface area contributed by atoms with Gasteiger partial charge in [-0.15, -0.1) is 0 Å². The Morgan fingerprint density at radius 2 is 1.53 bits per heavy atom. The number of hydrogen-bond donors (Lipinski definition) is 2. The fraction of sp³-hybridized carbons (Fsp3) is 0.294. The highest BCUT2D eigenvalue weighted by atomic mass is 16.6. The molecule has 2 N–H and O–H groups in total. The number of aliphatic imine (C=N–C) groups is 1. The van der Waals surface area contributed by atoms with Crippen LogP contribution in [-0.4, -0.2) is 83.6 Å². The molecule has 6 rings (SSSR count). The van der Waals surface area contributed by atoms with Gasteiger partial charge in [-0.05, 0) is 41.0 Å². The predicted molar refractivity (Wildman–Crippen MR) is 170 cm³/mol. The van der Waals surface area contributed by atoms with Crippen molar-refractivity contribution >= 4 is 23.2 Å². The molecular formula is C34H36N6O5. The summed E-state index contributed by atoms with van der Waals surface area (Å²) in [6.45, 7) is 0.101. The van der Waals surface area contributed by atoms with Crippen LogP contribution in [-0.2, 0) is 15.1 Å². The number of fused-ring (bicyclic) bond motifs is 1. The quantitative estimate of drug-likeness (QED) is 0.124. The number of benzene rings is 3. The van der Waals surface area contributed by atoms with Crippen LogP contribution in [0.3, 0.4) is 0 Å². The molecule has 45 heavy (non-hydrogen) atoms. The molecule has 0 amide bonds. The van der Waals surface area contributed by atoms with E-state index >= 15 is 0 Å². The molecule has 1 aliphatic rings. The maximum atomic E-state index is 11.2. The first-order valence-corrected chi connectivity index (χ1v) is 14.6. The Kier molecular flexibility index (Phi) is 8.74. The third-order valence-electron chi connectivity index (χ3n) is 7.94. The van der Waals surface area contributed by atoms with Gasteiger partial charge in [-0.2, -0.15) is 5.10 Å². The van der Waals surface area contributed by atoms with Crippen molar-refractivity contribution in [1.29, 1.82) is 0 Å². The van der Waals surface area contributed by atoms with Crippen molar-refractivity contribution in [2.45, 2.75) is 30.3 Å². The Bertz CT molecular complexity index is 1690. The van der Waals surface area contributed by atoms with E-state index in [0.29, 0.717) is 29.0 Å². The zero-order valence-electron chi connectivity index (χ0n) is 25.6. The summed E-state index contributed by atoms with van der Waals surface area (Å²) >= 11 is 0. The smallest absolute Gasteiger partial charge is 0.185 e. The van der Waals surface area contributed by atoms with Gasteiger partial charge in [-0.25, -0.2) is 15.0 Å². The second-order valence-electron chi connectivity index (χ2n) is 11.0. The van der Waals surface area contributed by atoms with Gasteiger partial charge in [-0.3, -0.25) is 5.10 Å². The number of aliphatic hydroxyl groups is 1. The predicted octanol–water partition coefficient (Wildman–Crippen LogP) is 4.79. The van der Waals surface area contributed by atoms with Crippen molar-refractivity contribution in [2.24, 2.45) is 4.99 Å². The van der Waals surface area contributed by atoms with Gasteiger partial charge in [0, 0.05) is 20.5 Å². The van der Waals surface area contributed by atoms with Crippen LogP contribution in [0.1, 0.15) is 34.9 Å². The largest absolute Gasteiger partial charge is 0.497 e. The molecule has 11 nitrogen and oxygen atoms in total. The Morgan fingerprint density at radius 1 is 0.911 bits per heavy atom. The summed E-state index contributed by atoms with van der Waals surface area (Å²) in [4.78, 5) is 14.9. The minimum atomic E-state index is -1.03. The molecule has 3 aromatic carbocycles. The maximum absolute atomic E-state index is 11.2. The lowest BCUT2D eigenvalue weighted by Gasteiger charge is -2.37. The van der Waals surface area contributed by atoms with Crippen LogP contribution >= 0.6 is 0 Å². The van der Waals surface area contributed by atoms with Crippen molar-refractivity contribution in [1.82, 2.24) is 25.1 Å². The molecule has 1 saturated heterocycles. The van der Waals surface area contributed by atoms with Gasteiger partial charge in [0.2, 0.25) is 0 Å². The fourth-order valence-electron chi connectivity index (χ4n) is 5.67. The zero-order valence-corrected chi connectivity index (χ0v) is 25.6. The van der Waals surface area contributed by atoms with E-state index < -0.39 is 23.9 Å². The molecule has 0 unspecified atom stereocenters. The van der Waals surface area contributed by atoms with Gasteiger partial charge in [0.05, 0.1) is 39.0 Å². The van der Waals surface area contributed by atoms with Crippen molar-refractivity contribution in [2.75, 3.05) is 34.9 Å². The summed E-state index contributed by atoms with van der Waals surface area (Å²) in [5, 5.41) is 18.7. The lowest BCUT2D eigenvalue weighted by Crippen LogP contribution is -2.38. The molecule has 2 aromatic heterocycles. The molecule has 5 aromatic rings. The molecule has 1 aliphatic heterocycles. The molecule has 0 radical (unpaired) electrons. The first kappa shape index (κ1) is 30.2. The van der Waals surface area contributed by atoms with Gasteiger partial charge >= 0.3 is 0 Å². The van der Waals surface area contributed by atoms with Gasteiger partial charge in [0.25, 0.3) is 0 Å². The molecule has 0 aliphatic carbocycles. The number of H-pyrrole nitrogens is 1. The number of methoxy groups -OCH3 is 2. The molecule has 0 spiro atoms. The number of nitrogens with zero attached hydrogens (tertiary/aromatic N) is 5. The Morgan fingerprint density at radius 3 is 2.13 bits per heavy atom. The van der Waals surface area contributed by atoms with E-state index in [1.807, 2.05) is 97.9 Å². The van der Waals surface area contributed by atoms with Crippen molar-refractivity contribution < 1.29 is 24.1 Å². The minimum absolute atomic E-state index is 0.101. The van der Waals surface area contributed by atoms with Crippen LogP contribution in [0.25, 0.3) is 11.0 Å². The van der Waals surface area contributed by atoms with E-state index in [9.17, 15) is 5.11 Å². The number of ether oxygens (including phenoxy) is 4. The zero-order chi connectivity index (χ0) is 31.4. The van der Waals surface area contributed by atoms with E-state index in [2.05, 4.69) is 25.2 Å². The molecule has 232 valence electrons. The summed E-state index contributed by atoms with van der Waals surface area (Å²) in [7, 11) is 7.04. The molecule has 1 fully saturated rings. The lowest BCUT2D eigenvalue weighted by atomic mass is 9.80. The van der Waals surface area contributed by atoms with Crippen LogP contribution in [0.4, 0.5) is 5.82 Å². The molecule has 0 saturated carbocycles. The summed E-state index contributed by atoms with van der Waals surface area (Å²) < 4.78 is 24.3. The third-order valence-corrected chi connectivity index (χ3v) is 7.94. The van der Waals surface area contributed by atoms with Gasteiger partial charge in [0.15, 0.2) is 11.3 Å². The summed E-state index contributed by atoms with van der Waals surface area (Å²) in [6, 6.07) is 25.7. The SMILES string of the molecule is COc1ccc(C(OC[C@H]2O[C@@H](c3[nH]nc4c(N=CN(C)C)ncnc34)C[C@@H]2O)(c2ccccc2)c2ccc(OC)cc2)cc1. The number of aliphatic hydroxyl groups excluding tert-OH is 1. The molecule has 11 heteroatoms. The fourth-order valence-corrected chi connectivity index (χ4v) is 5.67. The average Bonchev–Trinajstić information content (AvgIpc) is 3.68. The third kappa shape index (κ3) is 5.97. The monoisotopic (exact) mass is 608 g/mol. The van der Waals surface area contributed by atoms with Crippen LogP contribution in [0, 0.1) is 0 Å². The number of nitrogens with one attached hydrogen (secondary N) is 1. The summed E-state index contributed by atoms with van der Waals surface area (Å²) in [5.41, 5.74) is 3.47. The highest BCUT2D eigenvalue weighted by Gasteiger charge is 2.42. The van der Waals surface area contributed by atoms with E-state index in [1.165, 1.54) is 6.33 Å². The number of rotatable bonds is 11. The molecular weight excluding hydrogens is 572 g/mol. The van der Waals surface area contributed by atoms with Gasteiger partial charge < -0.3 is 29.0 Å². The van der Waals surface area contributed by atoms with E-state index in [-0.39, 0.29) is 6.61 Å². The van der Waals surface area contributed by atoms with Gasteiger partial charge in [0.1, 0.15) is 41.2 Å². The second kappa shape index (κ2) is 13.0. The first-order valence-electron chi connectivity index (χ1n) is 14.6. The van der Waals surface area contributed by atoms with E-state index in [1.54, 1.807) is 20.6 Å². The standard InChI is InChI=1S/C34H36N6O5/c1-40(2)21-37-33-32-31(35-20-36-33)30(38-39-32)28-18-27(41)29(45-28)19-44-34(22-8-6-5-7-9-22,23-10-14-25(42-3)15-11-23)24-12-16-26(43-4)17-13-24/h5-17,20-21,27-29,41H,18-19H2,1-4H3,(H,38,39)/t27-,28+,29+/m0/s1. The van der Waals surface area contributed by atoms with Crippen molar-refractivity contribution in [3.63, 3.8) is 0 Å². The summed E-state index contributed by atoms with van der Waals surface area (Å²) in [6.07, 6.45) is 1.56. The van der Waals surface area contributed by atoms with Crippen LogP contribution in [0.15, 0.2) is 90.2 Å². The first-order chi connectivity index (χ1) is 21.9. The van der Waals surface area contributed by atoms with E-state index in [4.69, 9.17) is 18.9 Å². The van der Waals surface area contributed by atoms with Gasteiger partial charge in [-0.1, -0.05) is 54.6 Å². The molecule has 3 atom stereocenters. The topological polar surface area (TPSA) is 127 Å². The molecule has 3 heterocycles. The summed E-state index contributed by atoms with van der Waals surface area (Å²) in [5.74, 6) is 1.92. The van der Waals surface area contributed by atoms with Crippen molar-refractivity contribution in [3.05, 3.63) is 108 Å². The van der Waals surface area contributed by atoms with Crippen LogP contribution < -0.4 is 9.47 Å². The highest BCUT2D eigenvalue weighted by molar-refractivity contribution is 5.86. The second-order valence-corrected chi connectivity index (χ2v) is 11.0. The Hall–Kier alpha value is -4.84.